The molecule has 4 nitrogen and oxygen atoms in total. The number of amides is 1. The van der Waals surface area contributed by atoms with Crippen molar-refractivity contribution in [3.8, 4) is 11.1 Å². The van der Waals surface area contributed by atoms with Crippen molar-refractivity contribution >= 4 is 29.2 Å². The van der Waals surface area contributed by atoms with E-state index in [9.17, 15) is 9.59 Å². The highest BCUT2D eigenvalue weighted by molar-refractivity contribution is 6.30. The van der Waals surface area contributed by atoms with E-state index in [-0.39, 0.29) is 12.3 Å². The normalized spacial score (nSPS) is 11.5. The van der Waals surface area contributed by atoms with Crippen molar-refractivity contribution in [3.05, 3.63) is 89.4 Å². The molecule has 142 valence electrons. The second kappa shape index (κ2) is 9.20. The molecule has 1 atom stereocenters. The summed E-state index contributed by atoms with van der Waals surface area (Å²) in [6, 6.07) is 24.2. The van der Waals surface area contributed by atoms with Crippen molar-refractivity contribution < 1.29 is 14.3 Å². The van der Waals surface area contributed by atoms with Crippen molar-refractivity contribution in [2.24, 2.45) is 0 Å². The molecule has 0 bridgehead atoms. The Morgan fingerprint density at radius 2 is 1.57 bits per heavy atom. The number of nitrogens with one attached hydrogen (secondary N) is 1. The Hall–Kier alpha value is -3.11. The van der Waals surface area contributed by atoms with Crippen LogP contribution in [0.1, 0.15) is 12.5 Å². The van der Waals surface area contributed by atoms with Crippen LogP contribution in [0.2, 0.25) is 5.02 Å². The molecule has 0 fully saturated rings. The van der Waals surface area contributed by atoms with Gasteiger partial charge in [-0.15, -0.1) is 0 Å². The lowest BCUT2D eigenvalue weighted by atomic mass is 10.0. The Balaban J connectivity index is 1.63. The molecule has 1 amide bonds. The zero-order chi connectivity index (χ0) is 19.9. The first-order chi connectivity index (χ1) is 13.5. The maximum absolute atomic E-state index is 12.5. The smallest absolute Gasteiger partial charge is 0.311 e. The van der Waals surface area contributed by atoms with E-state index in [0.29, 0.717) is 10.7 Å². The first-order valence-corrected chi connectivity index (χ1v) is 9.30. The van der Waals surface area contributed by atoms with E-state index in [1.165, 1.54) is 0 Å². The van der Waals surface area contributed by atoms with Gasteiger partial charge in [0.1, 0.15) is 0 Å². The quantitative estimate of drug-likeness (QED) is 0.591. The summed E-state index contributed by atoms with van der Waals surface area (Å²) < 4.78 is 5.28. The minimum absolute atomic E-state index is 0.0788. The van der Waals surface area contributed by atoms with Crippen molar-refractivity contribution in [2.45, 2.75) is 19.4 Å². The number of hydrogen-bond donors (Lipinski definition) is 1. The predicted molar refractivity (Wildman–Crippen MR) is 111 cm³/mol. The van der Waals surface area contributed by atoms with Gasteiger partial charge in [-0.3, -0.25) is 9.59 Å². The highest BCUT2D eigenvalue weighted by atomic mass is 35.5. The number of rotatable bonds is 6. The van der Waals surface area contributed by atoms with E-state index >= 15 is 0 Å². The molecule has 0 unspecified atom stereocenters. The van der Waals surface area contributed by atoms with Crippen LogP contribution in [-0.2, 0) is 20.7 Å². The molecule has 0 radical (unpaired) electrons. The number of esters is 1. The molecule has 0 spiro atoms. The van der Waals surface area contributed by atoms with E-state index < -0.39 is 12.1 Å². The van der Waals surface area contributed by atoms with Gasteiger partial charge in [-0.05, 0) is 36.2 Å². The number of carbonyl (C=O) groups excluding carboxylic acids is 2. The average molecular weight is 394 g/mol. The maximum Gasteiger partial charge on any atom is 0.311 e. The Morgan fingerprint density at radius 3 is 2.29 bits per heavy atom. The van der Waals surface area contributed by atoms with E-state index in [1.54, 1.807) is 31.2 Å². The molecule has 0 aliphatic rings. The molecule has 3 rings (SSSR count). The molecule has 3 aromatic carbocycles. The minimum atomic E-state index is -0.913. The van der Waals surface area contributed by atoms with E-state index in [2.05, 4.69) is 5.32 Å². The summed E-state index contributed by atoms with van der Waals surface area (Å²) in [6.45, 7) is 1.56. The number of ether oxygens (including phenoxy) is 1. The summed E-state index contributed by atoms with van der Waals surface area (Å²) in [4.78, 5) is 24.6. The van der Waals surface area contributed by atoms with Crippen LogP contribution in [0, 0.1) is 0 Å². The average Bonchev–Trinajstić information content (AvgIpc) is 2.70. The molecular formula is C23H20ClNO3. The van der Waals surface area contributed by atoms with Gasteiger partial charge in [-0.25, -0.2) is 0 Å². The van der Waals surface area contributed by atoms with Crippen LogP contribution in [0.5, 0.6) is 0 Å². The van der Waals surface area contributed by atoms with Gasteiger partial charge in [0.25, 0.3) is 5.91 Å². The van der Waals surface area contributed by atoms with Crippen LogP contribution in [0.25, 0.3) is 11.1 Å². The van der Waals surface area contributed by atoms with Gasteiger partial charge >= 0.3 is 5.97 Å². The standard InChI is InChI=1S/C23H20ClNO3/c1-16(28-22(26)15-17-11-13-19(24)14-12-17)23(27)25-21-10-6-5-9-20(21)18-7-3-2-4-8-18/h2-14,16H,15H2,1H3,(H,25,27)/t16-/m1/s1. The Morgan fingerprint density at radius 1 is 0.929 bits per heavy atom. The first kappa shape index (κ1) is 19.6. The van der Waals surface area contributed by atoms with Crippen molar-refractivity contribution in [1.29, 1.82) is 0 Å². The van der Waals surface area contributed by atoms with Crippen LogP contribution < -0.4 is 5.32 Å². The molecule has 0 aliphatic heterocycles. The fourth-order valence-electron chi connectivity index (χ4n) is 2.76. The minimum Gasteiger partial charge on any atom is -0.452 e. The third-order valence-corrected chi connectivity index (χ3v) is 4.46. The Kier molecular flexibility index (Phi) is 6.45. The molecule has 0 aromatic heterocycles. The SMILES string of the molecule is C[C@@H](OC(=O)Cc1ccc(Cl)cc1)C(=O)Nc1ccccc1-c1ccccc1. The molecule has 1 N–H and O–H groups in total. The maximum atomic E-state index is 12.5. The molecule has 0 saturated carbocycles. The summed E-state index contributed by atoms with van der Waals surface area (Å²) in [5, 5.41) is 3.45. The van der Waals surface area contributed by atoms with Gasteiger partial charge in [0.2, 0.25) is 0 Å². The summed E-state index contributed by atoms with van der Waals surface area (Å²) in [5.41, 5.74) is 3.33. The lowest BCUT2D eigenvalue weighted by molar-refractivity contribution is -0.152. The number of para-hydroxylation sites is 1. The third-order valence-electron chi connectivity index (χ3n) is 4.21. The molecule has 3 aromatic rings. The summed E-state index contributed by atoms with van der Waals surface area (Å²) in [5.74, 6) is -0.853. The van der Waals surface area contributed by atoms with Crippen LogP contribution in [0.4, 0.5) is 5.69 Å². The van der Waals surface area contributed by atoms with Gasteiger partial charge < -0.3 is 10.1 Å². The van der Waals surface area contributed by atoms with Crippen LogP contribution in [-0.4, -0.2) is 18.0 Å². The van der Waals surface area contributed by atoms with Crippen LogP contribution in [0.3, 0.4) is 0 Å². The highest BCUT2D eigenvalue weighted by Crippen LogP contribution is 2.27. The fourth-order valence-corrected chi connectivity index (χ4v) is 2.88. The fraction of sp³-hybridized carbons (Fsp3) is 0.130. The van der Waals surface area contributed by atoms with Crippen LogP contribution in [0.15, 0.2) is 78.9 Å². The number of carbonyl (C=O) groups is 2. The lowest BCUT2D eigenvalue weighted by Gasteiger charge is -2.16. The molecule has 0 heterocycles. The molecule has 28 heavy (non-hydrogen) atoms. The highest BCUT2D eigenvalue weighted by Gasteiger charge is 2.19. The van der Waals surface area contributed by atoms with Gasteiger partial charge in [-0.1, -0.05) is 72.3 Å². The largest absolute Gasteiger partial charge is 0.452 e. The summed E-state index contributed by atoms with van der Waals surface area (Å²) in [7, 11) is 0. The zero-order valence-corrected chi connectivity index (χ0v) is 16.1. The number of benzene rings is 3. The number of hydrogen-bond acceptors (Lipinski definition) is 3. The molecule has 0 aliphatic carbocycles. The molecular weight excluding hydrogens is 374 g/mol. The van der Waals surface area contributed by atoms with Gasteiger partial charge in [0, 0.05) is 16.3 Å². The van der Waals surface area contributed by atoms with E-state index in [4.69, 9.17) is 16.3 Å². The van der Waals surface area contributed by atoms with Gasteiger partial charge in [-0.2, -0.15) is 0 Å². The summed E-state index contributed by atoms with van der Waals surface area (Å²) in [6.07, 6.45) is -0.835. The third kappa shape index (κ3) is 5.21. The summed E-state index contributed by atoms with van der Waals surface area (Å²) >= 11 is 5.84. The predicted octanol–water partition coefficient (Wildman–Crippen LogP) is 5.12. The second-order valence-corrected chi connectivity index (χ2v) is 6.77. The van der Waals surface area contributed by atoms with Crippen molar-refractivity contribution in [3.63, 3.8) is 0 Å². The van der Waals surface area contributed by atoms with Crippen molar-refractivity contribution in [1.82, 2.24) is 0 Å². The number of anilines is 1. The Bertz CT molecular complexity index is 955. The lowest BCUT2D eigenvalue weighted by Crippen LogP contribution is -2.30. The molecule has 0 saturated heterocycles. The number of halogens is 1. The van der Waals surface area contributed by atoms with E-state index in [1.807, 2.05) is 54.6 Å². The second-order valence-electron chi connectivity index (χ2n) is 6.34. The van der Waals surface area contributed by atoms with Crippen LogP contribution >= 0.6 is 11.6 Å². The van der Waals surface area contributed by atoms with Gasteiger partial charge in [0.05, 0.1) is 6.42 Å². The molecule has 5 heteroatoms. The topological polar surface area (TPSA) is 55.4 Å². The van der Waals surface area contributed by atoms with E-state index in [0.717, 1.165) is 16.7 Å². The Labute approximate surface area is 169 Å². The van der Waals surface area contributed by atoms with Gasteiger partial charge in [0.15, 0.2) is 6.10 Å². The first-order valence-electron chi connectivity index (χ1n) is 8.92. The zero-order valence-electron chi connectivity index (χ0n) is 15.4. The van der Waals surface area contributed by atoms with Crippen molar-refractivity contribution in [2.75, 3.05) is 5.32 Å². The monoisotopic (exact) mass is 393 g/mol.